The summed E-state index contributed by atoms with van der Waals surface area (Å²) in [5.41, 5.74) is 1.91. The van der Waals surface area contributed by atoms with Gasteiger partial charge in [-0.15, -0.1) is 0 Å². The quantitative estimate of drug-likeness (QED) is 0.536. The Kier molecular flexibility index (Phi) is 4.99. The lowest BCUT2D eigenvalue weighted by molar-refractivity contribution is 0.0763. The van der Waals surface area contributed by atoms with Gasteiger partial charge in [0.05, 0.1) is 12.4 Å². The molecule has 4 rings (SSSR count). The number of para-hydroxylation sites is 1. The van der Waals surface area contributed by atoms with Crippen molar-refractivity contribution in [3.63, 3.8) is 0 Å². The number of nitrogens with zero attached hydrogens (tertiary/aromatic N) is 3. The van der Waals surface area contributed by atoms with Crippen molar-refractivity contribution in [2.24, 2.45) is 0 Å². The summed E-state index contributed by atoms with van der Waals surface area (Å²) >= 11 is 3.52. The number of amides is 1. The molecule has 0 unspecified atom stereocenters. The third-order valence-corrected chi connectivity index (χ3v) is 5.16. The number of halogens is 1. The van der Waals surface area contributed by atoms with Gasteiger partial charge >= 0.3 is 0 Å². The van der Waals surface area contributed by atoms with Crippen LogP contribution in [0.4, 0.5) is 0 Å². The van der Waals surface area contributed by atoms with Crippen LogP contribution in [0.2, 0.25) is 0 Å². The predicted octanol–water partition coefficient (Wildman–Crippen LogP) is 5.32. The van der Waals surface area contributed by atoms with Gasteiger partial charge in [-0.05, 0) is 58.7 Å². The number of rotatable bonds is 6. The van der Waals surface area contributed by atoms with Crippen molar-refractivity contribution in [3.8, 4) is 22.8 Å². The average molecular weight is 426 g/mol. The Balaban J connectivity index is 1.58. The third kappa shape index (κ3) is 3.49. The molecule has 27 heavy (non-hydrogen) atoms. The second-order valence-electron chi connectivity index (χ2n) is 6.51. The lowest BCUT2D eigenvalue weighted by Gasteiger charge is -2.15. The van der Waals surface area contributed by atoms with Crippen LogP contribution in [0, 0.1) is 0 Å². The van der Waals surface area contributed by atoms with E-state index in [4.69, 9.17) is 4.74 Å². The van der Waals surface area contributed by atoms with Crippen LogP contribution >= 0.6 is 15.9 Å². The maximum atomic E-state index is 12.6. The fourth-order valence-corrected chi connectivity index (χ4v) is 3.81. The topological polar surface area (TPSA) is 47.4 Å². The Morgan fingerprint density at radius 2 is 1.78 bits per heavy atom. The van der Waals surface area contributed by atoms with Gasteiger partial charge in [0, 0.05) is 12.1 Å². The molecular weight excluding hydrogens is 406 g/mol. The molecule has 2 heterocycles. The maximum absolute atomic E-state index is 12.6. The molecule has 0 atom stereocenters. The zero-order valence-electron chi connectivity index (χ0n) is 15.1. The van der Waals surface area contributed by atoms with E-state index in [2.05, 4.69) is 27.8 Å². The van der Waals surface area contributed by atoms with Crippen LogP contribution in [0.3, 0.4) is 0 Å². The number of unbranched alkanes of at least 4 members (excludes halogenated alkanes) is 1. The van der Waals surface area contributed by atoms with Crippen molar-refractivity contribution in [3.05, 3.63) is 65.0 Å². The second-order valence-corrected chi connectivity index (χ2v) is 7.26. The molecule has 3 aromatic rings. The number of aromatic nitrogens is 2. The summed E-state index contributed by atoms with van der Waals surface area (Å²) < 4.78 is 8.53. The van der Waals surface area contributed by atoms with Crippen LogP contribution < -0.4 is 4.74 Å². The summed E-state index contributed by atoms with van der Waals surface area (Å²) in [4.78, 5) is 18.9. The van der Waals surface area contributed by atoms with E-state index >= 15 is 0 Å². The zero-order chi connectivity index (χ0) is 18.8. The molecule has 0 aliphatic carbocycles. The molecule has 0 N–H and O–H groups in total. The first-order chi connectivity index (χ1) is 13.2. The average Bonchev–Trinajstić information content (AvgIpc) is 3.16. The molecule has 0 fully saturated rings. The Hall–Kier alpha value is -2.60. The Morgan fingerprint density at radius 3 is 2.48 bits per heavy atom. The molecule has 6 heteroatoms. The maximum Gasteiger partial charge on any atom is 0.291 e. The van der Waals surface area contributed by atoms with Crippen LogP contribution in [0.15, 0.2) is 59.2 Å². The highest BCUT2D eigenvalue weighted by Crippen LogP contribution is 2.34. The van der Waals surface area contributed by atoms with E-state index < -0.39 is 0 Å². The fraction of sp³-hybridized carbons (Fsp3) is 0.238. The smallest absolute Gasteiger partial charge is 0.291 e. The summed E-state index contributed by atoms with van der Waals surface area (Å²) in [6.45, 7) is 3.43. The molecule has 138 valence electrons. The van der Waals surface area contributed by atoms with Gasteiger partial charge in [-0.1, -0.05) is 31.5 Å². The first-order valence-electron chi connectivity index (χ1n) is 9.06. The van der Waals surface area contributed by atoms with Crippen LogP contribution in [0.25, 0.3) is 11.3 Å². The van der Waals surface area contributed by atoms with E-state index in [1.807, 2.05) is 64.1 Å². The lowest BCUT2D eigenvalue weighted by Crippen LogP contribution is -2.26. The van der Waals surface area contributed by atoms with E-state index in [-0.39, 0.29) is 5.91 Å². The summed E-state index contributed by atoms with van der Waals surface area (Å²) in [6.07, 6.45) is 2.06. The Labute approximate surface area is 166 Å². The van der Waals surface area contributed by atoms with Crippen molar-refractivity contribution in [1.29, 1.82) is 0 Å². The molecule has 1 aliphatic rings. The molecule has 1 amide bonds. The number of carbonyl (C=O) groups excluding carboxylic acids is 1. The summed E-state index contributed by atoms with van der Waals surface area (Å²) in [6, 6.07) is 17.5. The van der Waals surface area contributed by atoms with Crippen molar-refractivity contribution in [2.75, 3.05) is 6.54 Å². The highest BCUT2D eigenvalue weighted by molar-refractivity contribution is 9.10. The number of carbonyl (C=O) groups is 1. The largest absolute Gasteiger partial charge is 0.457 e. The number of hydrogen-bond acceptors (Lipinski definition) is 3. The third-order valence-electron chi connectivity index (χ3n) is 4.60. The van der Waals surface area contributed by atoms with Crippen molar-refractivity contribution >= 4 is 21.8 Å². The number of benzene rings is 2. The van der Waals surface area contributed by atoms with Gasteiger partial charge in [-0.3, -0.25) is 4.79 Å². The molecule has 0 saturated heterocycles. The summed E-state index contributed by atoms with van der Waals surface area (Å²) in [5, 5.41) is 0. The van der Waals surface area contributed by atoms with Gasteiger partial charge in [0.1, 0.15) is 16.1 Å². The van der Waals surface area contributed by atoms with Crippen LogP contribution in [-0.2, 0) is 6.67 Å². The second kappa shape index (κ2) is 7.56. The molecule has 1 aliphatic heterocycles. The van der Waals surface area contributed by atoms with Gasteiger partial charge in [0.2, 0.25) is 5.82 Å². The van der Waals surface area contributed by atoms with Crippen molar-refractivity contribution in [1.82, 2.24) is 14.5 Å². The number of hydrogen-bond donors (Lipinski definition) is 0. The highest BCUT2D eigenvalue weighted by Gasteiger charge is 2.32. The van der Waals surface area contributed by atoms with Gasteiger partial charge in [0.15, 0.2) is 0 Å². The van der Waals surface area contributed by atoms with Gasteiger partial charge in [0.25, 0.3) is 5.91 Å². The van der Waals surface area contributed by atoms with Crippen LogP contribution in [0.5, 0.6) is 11.5 Å². The normalized spacial score (nSPS) is 13.1. The van der Waals surface area contributed by atoms with Gasteiger partial charge in [-0.25, -0.2) is 4.98 Å². The first-order valence-corrected chi connectivity index (χ1v) is 9.85. The molecular formula is C21H20BrN3O2. The molecule has 5 nitrogen and oxygen atoms in total. The molecule has 0 saturated carbocycles. The summed E-state index contributed by atoms with van der Waals surface area (Å²) in [7, 11) is 0. The molecule has 0 bridgehead atoms. The number of ether oxygens (including phenoxy) is 1. The molecule has 0 spiro atoms. The SMILES string of the molecule is CCCCN1Cn2c(nc(Br)c2-c2ccc(Oc3ccccc3)cc2)C1=O. The summed E-state index contributed by atoms with van der Waals surface area (Å²) in [5.74, 6) is 2.06. The monoisotopic (exact) mass is 425 g/mol. The Bertz CT molecular complexity index is 952. The molecule has 0 radical (unpaired) electrons. The van der Waals surface area contributed by atoms with Crippen LogP contribution in [-0.4, -0.2) is 26.9 Å². The highest BCUT2D eigenvalue weighted by atomic mass is 79.9. The zero-order valence-corrected chi connectivity index (χ0v) is 16.6. The van der Waals surface area contributed by atoms with Gasteiger partial charge < -0.3 is 14.2 Å². The minimum atomic E-state index is -0.000527. The van der Waals surface area contributed by atoms with E-state index in [0.717, 1.165) is 42.1 Å². The van der Waals surface area contributed by atoms with Crippen molar-refractivity contribution in [2.45, 2.75) is 26.4 Å². The predicted molar refractivity (Wildman–Crippen MR) is 108 cm³/mol. The van der Waals surface area contributed by atoms with Gasteiger partial charge in [-0.2, -0.15) is 0 Å². The Morgan fingerprint density at radius 1 is 1.07 bits per heavy atom. The lowest BCUT2D eigenvalue weighted by atomic mass is 10.1. The van der Waals surface area contributed by atoms with E-state index in [1.54, 1.807) is 0 Å². The standard InChI is InChI=1S/C21H20BrN3O2/c1-2-3-13-24-14-25-18(19(22)23-20(25)21(24)26)15-9-11-17(12-10-15)27-16-7-5-4-6-8-16/h4-12H,2-3,13-14H2,1H3. The fourth-order valence-electron chi connectivity index (χ4n) is 3.20. The van der Waals surface area contributed by atoms with Crippen molar-refractivity contribution < 1.29 is 9.53 Å². The van der Waals surface area contributed by atoms with E-state index in [0.29, 0.717) is 17.1 Å². The van der Waals surface area contributed by atoms with E-state index in [9.17, 15) is 4.79 Å². The molecule has 2 aromatic carbocycles. The molecule has 1 aromatic heterocycles. The number of imidazole rings is 1. The van der Waals surface area contributed by atoms with E-state index in [1.165, 1.54) is 0 Å². The minimum absolute atomic E-state index is 0.000527. The van der Waals surface area contributed by atoms with Crippen LogP contribution in [0.1, 0.15) is 30.4 Å². The minimum Gasteiger partial charge on any atom is -0.457 e. The first kappa shape index (κ1) is 17.8. The number of fused-ring (bicyclic) bond motifs is 1.